The zero-order chi connectivity index (χ0) is 11.8. The van der Waals surface area contributed by atoms with Gasteiger partial charge in [-0.2, -0.15) is 0 Å². The molecule has 0 bridgehead atoms. The van der Waals surface area contributed by atoms with Crippen molar-refractivity contribution in [3.8, 4) is 0 Å². The van der Waals surface area contributed by atoms with E-state index in [1.54, 1.807) is 10.8 Å². The van der Waals surface area contributed by atoms with E-state index < -0.39 is 10.2 Å². The van der Waals surface area contributed by atoms with Crippen LogP contribution in [-0.2, 0) is 10.2 Å². The van der Waals surface area contributed by atoms with Gasteiger partial charge in [0.25, 0.3) is 0 Å². The molecule has 0 spiro atoms. The van der Waals surface area contributed by atoms with E-state index in [-0.39, 0.29) is 0 Å². The molecule has 1 aliphatic rings. The summed E-state index contributed by atoms with van der Waals surface area (Å²) >= 11 is 0. The first-order chi connectivity index (χ1) is 7.74. The molecule has 3 unspecified atom stereocenters. The van der Waals surface area contributed by atoms with Gasteiger partial charge in [-0.05, 0) is 18.8 Å². The minimum absolute atomic E-state index is 0.510. The summed E-state index contributed by atoms with van der Waals surface area (Å²) in [4.78, 5) is 0. The van der Waals surface area contributed by atoms with E-state index in [4.69, 9.17) is 0 Å². The van der Waals surface area contributed by atoms with Crippen molar-refractivity contribution < 1.29 is 4.55 Å². The lowest BCUT2D eigenvalue weighted by atomic mass is 9.97. The molecular weight excluding hydrogens is 236 g/mol. The van der Waals surface area contributed by atoms with Crippen LogP contribution in [0.2, 0.25) is 0 Å². The van der Waals surface area contributed by atoms with Gasteiger partial charge in [-0.1, -0.05) is 46.0 Å². The van der Waals surface area contributed by atoms with E-state index in [1.807, 2.05) is 0 Å². The molecule has 3 heteroatoms. The molecule has 0 amide bonds. The third-order valence-electron chi connectivity index (χ3n) is 3.43. The predicted molar refractivity (Wildman–Crippen MR) is 76.2 cm³/mol. The summed E-state index contributed by atoms with van der Waals surface area (Å²) in [6, 6.07) is 0. The fourth-order valence-electron chi connectivity index (χ4n) is 2.26. The van der Waals surface area contributed by atoms with E-state index >= 15 is 0 Å². The van der Waals surface area contributed by atoms with Gasteiger partial charge in [-0.25, -0.2) is 0 Å². The number of rotatable bonds is 8. The van der Waals surface area contributed by atoms with Crippen LogP contribution in [0.4, 0.5) is 0 Å². The zero-order valence-corrected chi connectivity index (χ0v) is 12.4. The van der Waals surface area contributed by atoms with E-state index in [9.17, 15) is 4.55 Å². The summed E-state index contributed by atoms with van der Waals surface area (Å²) in [6.45, 7) is 4.64. The first kappa shape index (κ1) is 14.7. The Morgan fingerprint density at radius 1 is 1.31 bits per heavy atom. The molecule has 16 heavy (non-hydrogen) atoms. The van der Waals surface area contributed by atoms with E-state index in [2.05, 4.69) is 13.8 Å². The van der Waals surface area contributed by atoms with Gasteiger partial charge in [0, 0.05) is 22.4 Å². The van der Waals surface area contributed by atoms with Gasteiger partial charge in [-0.15, -0.1) is 0 Å². The molecular formula is C13H26OS2. The molecule has 0 radical (unpaired) electrons. The monoisotopic (exact) mass is 262 g/mol. The van der Waals surface area contributed by atoms with Gasteiger partial charge in [0.1, 0.15) is 5.25 Å². The van der Waals surface area contributed by atoms with Crippen LogP contribution in [0.5, 0.6) is 0 Å². The van der Waals surface area contributed by atoms with Crippen molar-refractivity contribution in [3.05, 3.63) is 0 Å². The van der Waals surface area contributed by atoms with Gasteiger partial charge in [0.2, 0.25) is 0 Å². The molecule has 0 aromatic carbocycles. The molecule has 0 aromatic rings. The standard InChI is InChI=1S/C13H26OS2/c1-3-4-7-12(2)8-5-6-9-13-10-11-15-16(13)14/h12-13H,3-11H2,1-2H3. The summed E-state index contributed by atoms with van der Waals surface area (Å²) in [7, 11) is 1.09. The van der Waals surface area contributed by atoms with Crippen molar-refractivity contribution in [2.75, 3.05) is 5.75 Å². The molecule has 0 N–H and O–H groups in total. The Kier molecular flexibility index (Phi) is 8.01. The molecule has 1 rings (SSSR count). The molecule has 1 aliphatic heterocycles. The van der Waals surface area contributed by atoms with E-state index in [1.165, 1.54) is 51.4 Å². The first-order valence-electron chi connectivity index (χ1n) is 6.78. The lowest BCUT2D eigenvalue weighted by Crippen LogP contribution is -2.12. The Bertz CT molecular complexity index is 175. The summed E-state index contributed by atoms with van der Waals surface area (Å²) in [5.74, 6) is 2.01. The maximum absolute atomic E-state index is 11.5. The average Bonchev–Trinajstić information content (AvgIpc) is 2.67. The SMILES string of the molecule is CCCCC(C)CCCCC1CCS[S+]1[O-]. The first-order valence-corrected chi connectivity index (χ1v) is 9.49. The molecule has 0 aromatic heterocycles. The van der Waals surface area contributed by atoms with Crippen LogP contribution in [0.3, 0.4) is 0 Å². The lowest BCUT2D eigenvalue weighted by Gasteiger charge is -2.13. The Labute approximate surface area is 108 Å². The smallest absolute Gasteiger partial charge is 0.128 e. The quantitative estimate of drug-likeness (QED) is 0.364. The number of unbranched alkanes of at least 4 members (excludes halogenated alkanes) is 2. The molecule has 3 atom stereocenters. The maximum Gasteiger partial charge on any atom is 0.128 e. The van der Waals surface area contributed by atoms with Crippen molar-refractivity contribution in [1.29, 1.82) is 0 Å². The average molecular weight is 262 g/mol. The second kappa shape index (κ2) is 8.71. The Balaban J connectivity index is 1.94. The van der Waals surface area contributed by atoms with Crippen molar-refractivity contribution in [1.82, 2.24) is 0 Å². The van der Waals surface area contributed by atoms with Crippen LogP contribution in [0.25, 0.3) is 0 Å². The van der Waals surface area contributed by atoms with E-state index in [0.29, 0.717) is 5.25 Å². The lowest BCUT2D eigenvalue weighted by molar-refractivity contribution is 0.443. The summed E-state index contributed by atoms with van der Waals surface area (Å²) < 4.78 is 11.5. The van der Waals surface area contributed by atoms with Gasteiger partial charge in [-0.3, -0.25) is 0 Å². The maximum atomic E-state index is 11.5. The molecule has 1 heterocycles. The topological polar surface area (TPSA) is 23.1 Å². The van der Waals surface area contributed by atoms with Crippen LogP contribution in [0.1, 0.15) is 65.2 Å². The van der Waals surface area contributed by atoms with Crippen LogP contribution >= 0.6 is 10.8 Å². The number of hydrogen-bond donors (Lipinski definition) is 0. The summed E-state index contributed by atoms with van der Waals surface area (Å²) in [6.07, 6.45) is 10.5. The van der Waals surface area contributed by atoms with Gasteiger partial charge in [0.15, 0.2) is 0 Å². The minimum atomic E-state index is -0.563. The third-order valence-corrected chi connectivity index (χ3v) is 7.10. The van der Waals surface area contributed by atoms with Gasteiger partial charge in [0.05, 0.1) is 10.8 Å². The summed E-state index contributed by atoms with van der Waals surface area (Å²) in [5, 5.41) is 0.510. The van der Waals surface area contributed by atoms with Crippen LogP contribution < -0.4 is 0 Å². The highest BCUT2D eigenvalue weighted by Crippen LogP contribution is 2.33. The zero-order valence-electron chi connectivity index (χ0n) is 10.7. The van der Waals surface area contributed by atoms with Crippen molar-refractivity contribution in [2.24, 2.45) is 5.92 Å². The highest BCUT2D eigenvalue weighted by molar-refractivity contribution is 8.72. The Morgan fingerprint density at radius 3 is 2.69 bits per heavy atom. The molecule has 0 aliphatic carbocycles. The molecule has 1 fully saturated rings. The van der Waals surface area contributed by atoms with Gasteiger partial charge < -0.3 is 4.55 Å². The highest BCUT2D eigenvalue weighted by atomic mass is 33.1. The Morgan fingerprint density at radius 2 is 2.06 bits per heavy atom. The second-order valence-corrected chi connectivity index (χ2v) is 8.55. The molecule has 1 saturated heterocycles. The predicted octanol–water partition coefficient (Wildman–Crippen LogP) is 4.54. The fraction of sp³-hybridized carbons (Fsp3) is 1.00. The minimum Gasteiger partial charge on any atom is -0.605 e. The Hall–Kier alpha value is 0.660. The van der Waals surface area contributed by atoms with Crippen LogP contribution in [0.15, 0.2) is 0 Å². The van der Waals surface area contributed by atoms with Crippen molar-refractivity contribution >= 4 is 21.0 Å². The van der Waals surface area contributed by atoms with Gasteiger partial charge >= 0.3 is 0 Å². The summed E-state index contributed by atoms with van der Waals surface area (Å²) in [5.41, 5.74) is 0. The highest BCUT2D eigenvalue weighted by Gasteiger charge is 2.30. The number of hydrogen-bond acceptors (Lipinski definition) is 2. The van der Waals surface area contributed by atoms with E-state index in [0.717, 1.165) is 11.7 Å². The van der Waals surface area contributed by atoms with Crippen molar-refractivity contribution in [3.63, 3.8) is 0 Å². The third kappa shape index (κ3) is 5.83. The normalized spacial score (nSPS) is 27.2. The molecule has 96 valence electrons. The molecule has 0 saturated carbocycles. The van der Waals surface area contributed by atoms with Crippen LogP contribution in [0, 0.1) is 5.92 Å². The molecule has 1 nitrogen and oxygen atoms in total. The second-order valence-electron chi connectivity index (χ2n) is 5.03. The van der Waals surface area contributed by atoms with Crippen molar-refractivity contribution in [2.45, 2.75) is 70.5 Å². The van der Waals surface area contributed by atoms with Crippen LogP contribution in [-0.4, -0.2) is 15.6 Å². The largest absolute Gasteiger partial charge is 0.605 e. The fourth-order valence-corrected chi connectivity index (χ4v) is 5.75.